The van der Waals surface area contributed by atoms with Gasteiger partial charge in [0.15, 0.2) is 5.69 Å². The number of nitrogens with zero attached hydrogens (tertiary/aromatic N) is 4. The third-order valence-corrected chi connectivity index (χ3v) is 4.53. The molecule has 136 valence electrons. The van der Waals surface area contributed by atoms with Crippen molar-refractivity contribution < 1.29 is 9.59 Å². The molecule has 1 N–H and O–H groups in total. The molecule has 0 aliphatic carbocycles. The first kappa shape index (κ1) is 17.0. The van der Waals surface area contributed by atoms with Gasteiger partial charge in [-0.05, 0) is 49.2 Å². The first-order valence-corrected chi connectivity index (χ1v) is 8.89. The highest BCUT2D eigenvalue weighted by Crippen LogP contribution is 2.16. The molecule has 1 aromatic heterocycles. The molecule has 0 spiro atoms. The molecule has 1 aliphatic heterocycles. The highest BCUT2D eigenvalue weighted by atomic mass is 16.2. The van der Waals surface area contributed by atoms with Crippen LogP contribution in [0.3, 0.4) is 0 Å². The van der Waals surface area contributed by atoms with Gasteiger partial charge >= 0.3 is 0 Å². The summed E-state index contributed by atoms with van der Waals surface area (Å²) in [7, 11) is 0. The van der Waals surface area contributed by atoms with Crippen molar-refractivity contribution in [1.29, 1.82) is 0 Å². The fourth-order valence-corrected chi connectivity index (χ4v) is 3.07. The van der Waals surface area contributed by atoms with Gasteiger partial charge in [0.1, 0.15) is 0 Å². The van der Waals surface area contributed by atoms with E-state index >= 15 is 0 Å². The Hall–Kier alpha value is -3.48. The Kier molecular flexibility index (Phi) is 4.65. The van der Waals surface area contributed by atoms with Crippen LogP contribution in [0.25, 0.3) is 5.69 Å². The molecule has 4 rings (SSSR count). The summed E-state index contributed by atoms with van der Waals surface area (Å²) in [5.74, 6) is -0.313. The third kappa shape index (κ3) is 3.72. The summed E-state index contributed by atoms with van der Waals surface area (Å²) in [5, 5.41) is 10.7. The molecule has 0 atom stereocenters. The minimum absolute atomic E-state index is 0.0381. The van der Waals surface area contributed by atoms with Crippen LogP contribution in [0, 0.1) is 0 Å². The maximum atomic E-state index is 12.4. The van der Waals surface area contributed by atoms with Crippen LogP contribution in [0.1, 0.15) is 33.7 Å². The Morgan fingerprint density at radius 3 is 2.33 bits per heavy atom. The monoisotopic (exact) mass is 361 g/mol. The average molecular weight is 361 g/mol. The minimum Gasteiger partial charge on any atom is -0.339 e. The molecule has 0 bridgehead atoms. The van der Waals surface area contributed by atoms with Gasteiger partial charge in [0.05, 0.1) is 11.9 Å². The summed E-state index contributed by atoms with van der Waals surface area (Å²) in [6.07, 6.45) is 3.70. The molecular weight excluding hydrogens is 342 g/mol. The Morgan fingerprint density at radius 2 is 1.63 bits per heavy atom. The molecule has 1 saturated heterocycles. The third-order valence-electron chi connectivity index (χ3n) is 4.53. The molecule has 2 aromatic carbocycles. The number of nitrogens with one attached hydrogen (secondary N) is 1. The van der Waals surface area contributed by atoms with Gasteiger partial charge in [0, 0.05) is 24.3 Å². The Balaban J connectivity index is 1.42. The molecule has 2 heterocycles. The number of hydrogen-bond donors (Lipinski definition) is 1. The van der Waals surface area contributed by atoms with Gasteiger partial charge in [-0.2, -0.15) is 0 Å². The second-order valence-corrected chi connectivity index (χ2v) is 6.41. The van der Waals surface area contributed by atoms with Gasteiger partial charge in [0.25, 0.3) is 11.8 Å². The quantitative estimate of drug-likeness (QED) is 0.775. The zero-order valence-corrected chi connectivity index (χ0v) is 14.7. The number of hydrogen-bond acceptors (Lipinski definition) is 4. The molecule has 1 fully saturated rings. The van der Waals surface area contributed by atoms with Crippen LogP contribution in [0.2, 0.25) is 0 Å². The summed E-state index contributed by atoms with van der Waals surface area (Å²) in [4.78, 5) is 26.6. The summed E-state index contributed by atoms with van der Waals surface area (Å²) in [6.45, 7) is 1.63. The molecule has 27 heavy (non-hydrogen) atoms. The zero-order valence-electron chi connectivity index (χ0n) is 14.7. The lowest BCUT2D eigenvalue weighted by molar-refractivity contribution is 0.0792. The first-order chi connectivity index (χ1) is 13.2. The van der Waals surface area contributed by atoms with Gasteiger partial charge in [-0.15, -0.1) is 5.10 Å². The molecular formula is C20H19N5O2. The topological polar surface area (TPSA) is 80.1 Å². The predicted molar refractivity (Wildman–Crippen MR) is 101 cm³/mol. The van der Waals surface area contributed by atoms with Gasteiger partial charge in [0.2, 0.25) is 0 Å². The van der Waals surface area contributed by atoms with Crippen LogP contribution in [0.5, 0.6) is 0 Å². The van der Waals surface area contributed by atoms with E-state index in [4.69, 9.17) is 0 Å². The van der Waals surface area contributed by atoms with Crippen LogP contribution in [-0.4, -0.2) is 44.8 Å². The summed E-state index contributed by atoms with van der Waals surface area (Å²) < 4.78 is 1.55. The van der Waals surface area contributed by atoms with Crippen molar-refractivity contribution in [2.24, 2.45) is 0 Å². The maximum absolute atomic E-state index is 12.4. The second kappa shape index (κ2) is 7.41. The van der Waals surface area contributed by atoms with Crippen LogP contribution in [-0.2, 0) is 0 Å². The standard InChI is InChI=1S/C20H19N5O2/c26-19(18-14-25(23-22-18)17-6-2-1-3-7-17)21-16-10-8-15(9-11-16)20(27)24-12-4-5-13-24/h1-3,6-11,14H,4-5,12-13H2,(H,21,26). The number of likely N-dealkylation sites (tertiary alicyclic amines) is 1. The van der Waals surface area contributed by atoms with E-state index in [9.17, 15) is 9.59 Å². The van der Waals surface area contributed by atoms with E-state index in [1.807, 2.05) is 35.2 Å². The number of amides is 2. The van der Waals surface area contributed by atoms with E-state index < -0.39 is 0 Å². The molecule has 0 radical (unpaired) electrons. The minimum atomic E-state index is -0.351. The van der Waals surface area contributed by atoms with Crippen LogP contribution in [0.4, 0.5) is 5.69 Å². The number of carbonyl (C=O) groups is 2. The van der Waals surface area contributed by atoms with Crippen LogP contribution >= 0.6 is 0 Å². The lowest BCUT2D eigenvalue weighted by atomic mass is 10.2. The Morgan fingerprint density at radius 1 is 0.926 bits per heavy atom. The predicted octanol–water partition coefficient (Wildman–Crippen LogP) is 2.76. The van der Waals surface area contributed by atoms with Crippen molar-refractivity contribution in [2.45, 2.75) is 12.8 Å². The Bertz CT molecular complexity index is 944. The summed E-state index contributed by atoms with van der Waals surface area (Å²) in [6, 6.07) is 16.4. The number of aromatic nitrogens is 3. The SMILES string of the molecule is O=C(Nc1ccc(C(=O)N2CCCC2)cc1)c1cn(-c2ccccc2)nn1. The molecule has 0 saturated carbocycles. The lowest BCUT2D eigenvalue weighted by Gasteiger charge is -2.15. The second-order valence-electron chi connectivity index (χ2n) is 6.41. The molecule has 1 aliphatic rings. The first-order valence-electron chi connectivity index (χ1n) is 8.89. The number of anilines is 1. The normalized spacial score (nSPS) is 13.6. The highest BCUT2D eigenvalue weighted by molar-refractivity contribution is 6.03. The molecule has 7 heteroatoms. The lowest BCUT2D eigenvalue weighted by Crippen LogP contribution is -2.27. The molecule has 7 nitrogen and oxygen atoms in total. The molecule has 0 unspecified atom stereocenters. The van der Waals surface area contributed by atoms with Gasteiger partial charge in [-0.25, -0.2) is 4.68 Å². The van der Waals surface area contributed by atoms with E-state index in [2.05, 4.69) is 15.6 Å². The van der Waals surface area contributed by atoms with E-state index in [0.717, 1.165) is 31.6 Å². The highest BCUT2D eigenvalue weighted by Gasteiger charge is 2.19. The Labute approximate surface area is 156 Å². The molecule has 2 amide bonds. The number of rotatable bonds is 4. The fraction of sp³-hybridized carbons (Fsp3) is 0.200. The smallest absolute Gasteiger partial charge is 0.277 e. The van der Waals surface area contributed by atoms with E-state index in [0.29, 0.717) is 11.3 Å². The van der Waals surface area contributed by atoms with Crippen molar-refractivity contribution >= 4 is 17.5 Å². The fourth-order valence-electron chi connectivity index (χ4n) is 3.07. The maximum Gasteiger partial charge on any atom is 0.277 e. The van der Waals surface area contributed by atoms with Crippen molar-refractivity contribution in [3.8, 4) is 5.69 Å². The average Bonchev–Trinajstić information content (AvgIpc) is 3.41. The number of benzene rings is 2. The van der Waals surface area contributed by atoms with E-state index in [1.54, 1.807) is 35.1 Å². The number of carbonyl (C=O) groups excluding carboxylic acids is 2. The van der Waals surface area contributed by atoms with Crippen LogP contribution < -0.4 is 5.32 Å². The molecule has 3 aromatic rings. The van der Waals surface area contributed by atoms with E-state index in [-0.39, 0.29) is 17.5 Å². The van der Waals surface area contributed by atoms with Crippen molar-refractivity contribution in [2.75, 3.05) is 18.4 Å². The van der Waals surface area contributed by atoms with Gasteiger partial charge < -0.3 is 10.2 Å². The largest absolute Gasteiger partial charge is 0.339 e. The zero-order chi connectivity index (χ0) is 18.6. The van der Waals surface area contributed by atoms with Crippen molar-refractivity contribution in [1.82, 2.24) is 19.9 Å². The van der Waals surface area contributed by atoms with Crippen LogP contribution in [0.15, 0.2) is 60.8 Å². The van der Waals surface area contributed by atoms with E-state index in [1.165, 1.54) is 0 Å². The van der Waals surface area contributed by atoms with Gasteiger partial charge in [-0.1, -0.05) is 23.4 Å². The van der Waals surface area contributed by atoms with Crippen molar-refractivity contribution in [3.63, 3.8) is 0 Å². The van der Waals surface area contributed by atoms with Crippen molar-refractivity contribution in [3.05, 3.63) is 72.1 Å². The summed E-state index contributed by atoms with van der Waals surface area (Å²) >= 11 is 0. The van der Waals surface area contributed by atoms with Gasteiger partial charge in [-0.3, -0.25) is 9.59 Å². The summed E-state index contributed by atoms with van der Waals surface area (Å²) in [5.41, 5.74) is 2.28. The number of para-hydroxylation sites is 1.